The second-order valence-electron chi connectivity index (χ2n) is 12.8. The zero-order chi connectivity index (χ0) is 38.0. The van der Waals surface area contributed by atoms with Crippen LogP contribution in [0.5, 0.6) is 0 Å². The summed E-state index contributed by atoms with van der Waals surface area (Å²) in [4.78, 5) is 12.4. The van der Waals surface area contributed by atoms with Crippen LogP contribution in [0.15, 0.2) is 102 Å². The number of hydrogen-bond acceptors (Lipinski definition) is 3. The lowest BCUT2D eigenvalue weighted by molar-refractivity contribution is -0.115. The highest BCUT2D eigenvalue weighted by Crippen LogP contribution is 2.40. The van der Waals surface area contributed by atoms with E-state index in [9.17, 15) is 27.5 Å². The SMILES string of the molecule is C#C.C/C=C\C=C/CC(O)(CCC1CC1)c1ccc(F)c(C)c1.CC/C=C(/C=C(\Nc1ccc2cc(CC)ccc2c1)C(=O)CCC)C(F)(F)F. The number of anilines is 1. The van der Waals surface area contributed by atoms with Gasteiger partial charge in [0.2, 0.25) is 0 Å². The summed E-state index contributed by atoms with van der Waals surface area (Å²) >= 11 is 0. The van der Waals surface area contributed by atoms with Gasteiger partial charge in [-0.1, -0.05) is 100 Å². The van der Waals surface area contributed by atoms with Crippen molar-refractivity contribution in [1.29, 1.82) is 0 Å². The first kappa shape index (κ1) is 42.8. The molecule has 3 aromatic rings. The third kappa shape index (κ3) is 14.0. The second-order valence-corrected chi connectivity index (χ2v) is 12.8. The molecule has 2 N–H and O–H groups in total. The number of carbonyl (C=O) groups excluding carboxylic acids is 1. The molecule has 1 fully saturated rings. The summed E-state index contributed by atoms with van der Waals surface area (Å²) in [6.07, 6.45) is 20.2. The Morgan fingerprint density at radius 2 is 1.67 bits per heavy atom. The minimum absolute atomic E-state index is 0.0385. The molecule has 1 aliphatic rings. The van der Waals surface area contributed by atoms with E-state index in [0.29, 0.717) is 24.1 Å². The third-order valence-electron chi connectivity index (χ3n) is 8.67. The number of halogens is 4. The van der Waals surface area contributed by atoms with Crippen LogP contribution in [0.1, 0.15) is 95.8 Å². The van der Waals surface area contributed by atoms with Crippen LogP contribution < -0.4 is 5.32 Å². The van der Waals surface area contributed by atoms with Crippen LogP contribution in [0.2, 0.25) is 0 Å². The van der Waals surface area contributed by atoms with Gasteiger partial charge in [-0.05, 0) is 110 Å². The molecule has 0 spiro atoms. The number of allylic oxidation sites excluding steroid dienone is 7. The van der Waals surface area contributed by atoms with Crippen molar-refractivity contribution in [3.8, 4) is 12.8 Å². The number of ketones is 1. The fourth-order valence-electron chi connectivity index (χ4n) is 5.53. The lowest BCUT2D eigenvalue weighted by Gasteiger charge is -2.28. The molecular formula is C44H53F4NO2. The van der Waals surface area contributed by atoms with Gasteiger partial charge in [-0.2, -0.15) is 13.2 Å². The topological polar surface area (TPSA) is 49.3 Å². The lowest BCUT2D eigenvalue weighted by atomic mass is 9.84. The molecule has 4 rings (SSSR count). The molecule has 3 aromatic carbocycles. The van der Waals surface area contributed by atoms with Crippen LogP contribution in [-0.4, -0.2) is 17.1 Å². The number of rotatable bonds is 15. The van der Waals surface area contributed by atoms with Gasteiger partial charge in [-0.25, -0.2) is 4.39 Å². The molecule has 0 radical (unpaired) electrons. The first-order valence-corrected chi connectivity index (χ1v) is 17.8. The number of alkyl halides is 3. The molecule has 7 heteroatoms. The van der Waals surface area contributed by atoms with Crippen LogP contribution >= 0.6 is 0 Å². The Hall–Kier alpha value is -4.41. The van der Waals surface area contributed by atoms with Gasteiger partial charge in [0, 0.05) is 12.1 Å². The van der Waals surface area contributed by atoms with Crippen LogP contribution in [0, 0.1) is 31.5 Å². The van der Waals surface area contributed by atoms with E-state index in [2.05, 4.69) is 31.2 Å². The van der Waals surface area contributed by atoms with E-state index < -0.39 is 17.4 Å². The van der Waals surface area contributed by atoms with Crippen LogP contribution in [-0.2, 0) is 16.8 Å². The summed E-state index contributed by atoms with van der Waals surface area (Å²) in [5.74, 6) is 0.223. The number of hydrogen-bond donors (Lipinski definition) is 2. The number of carbonyl (C=O) groups is 1. The quantitative estimate of drug-likeness (QED) is 0.0717. The number of benzene rings is 3. The van der Waals surface area contributed by atoms with Gasteiger partial charge in [0.05, 0.1) is 16.9 Å². The molecule has 51 heavy (non-hydrogen) atoms. The van der Waals surface area contributed by atoms with E-state index in [-0.39, 0.29) is 30.1 Å². The number of aliphatic hydroxyl groups is 1. The number of nitrogens with one attached hydrogen (secondary N) is 1. The van der Waals surface area contributed by atoms with Crippen molar-refractivity contribution in [2.75, 3.05) is 5.32 Å². The molecule has 1 unspecified atom stereocenters. The van der Waals surface area contributed by atoms with Gasteiger partial charge in [0.15, 0.2) is 5.78 Å². The molecule has 0 aliphatic heterocycles. The smallest absolute Gasteiger partial charge is 0.385 e. The highest BCUT2D eigenvalue weighted by atomic mass is 19.4. The maximum atomic E-state index is 13.5. The molecule has 0 heterocycles. The van der Waals surface area contributed by atoms with E-state index in [1.807, 2.05) is 62.4 Å². The molecule has 0 aromatic heterocycles. The number of fused-ring (bicyclic) bond motifs is 1. The molecule has 3 nitrogen and oxygen atoms in total. The fraction of sp³-hybridized carbons (Fsp3) is 0.386. The number of aryl methyl sites for hydroxylation is 2. The highest BCUT2D eigenvalue weighted by molar-refractivity contribution is 5.99. The Morgan fingerprint density at radius 1 is 0.980 bits per heavy atom. The number of terminal acetylenes is 1. The minimum atomic E-state index is -4.50. The van der Waals surface area contributed by atoms with Gasteiger partial charge in [0.25, 0.3) is 0 Å². The van der Waals surface area contributed by atoms with E-state index >= 15 is 0 Å². The Kier molecular flexibility index (Phi) is 17.7. The summed E-state index contributed by atoms with van der Waals surface area (Å²) in [7, 11) is 0. The average Bonchev–Trinajstić information content (AvgIpc) is 3.95. The second kappa shape index (κ2) is 21.1. The predicted molar refractivity (Wildman–Crippen MR) is 205 cm³/mol. The van der Waals surface area contributed by atoms with E-state index in [1.54, 1.807) is 32.0 Å². The summed E-state index contributed by atoms with van der Waals surface area (Å²) < 4.78 is 53.3. The molecule has 0 saturated heterocycles. The number of Topliss-reactive ketones (excluding diaryl/α,β-unsaturated/α-hetero) is 1. The Morgan fingerprint density at radius 3 is 2.25 bits per heavy atom. The maximum Gasteiger partial charge on any atom is 0.416 e. The average molecular weight is 704 g/mol. The molecule has 0 amide bonds. The zero-order valence-corrected chi connectivity index (χ0v) is 30.6. The summed E-state index contributed by atoms with van der Waals surface area (Å²) in [5, 5.41) is 16.0. The molecule has 1 atom stereocenters. The van der Waals surface area contributed by atoms with Crippen molar-refractivity contribution in [3.63, 3.8) is 0 Å². The van der Waals surface area contributed by atoms with Crippen LogP contribution in [0.3, 0.4) is 0 Å². The van der Waals surface area contributed by atoms with E-state index in [4.69, 9.17) is 0 Å². The summed E-state index contributed by atoms with van der Waals surface area (Å²) in [6, 6.07) is 16.6. The lowest BCUT2D eigenvalue weighted by Crippen LogP contribution is -2.25. The van der Waals surface area contributed by atoms with Gasteiger partial charge >= 0.3 is 6.18 Å². The van der Waals surface area contributed by atoms with Crippen molar-refractivity contribution in [1.82, 2.24) is 0 Å². The highest BCUT2D eigenvalue weighted by Gasteiger charge is 2.33. The van der Waals surface area contributed by atoms with Crippen molar-refractivity contribution >= 4 is 22.2 Å². The summed E-state index contributed by atoms with van der Waals surface area (Å²) in [5.41, 5.74) is 1.48. The normalized spacial score (nSPS) is 14.8. The Balaban J connectivity index is 0.000000349. The Labute approximate surface area is 302 Å². The van der Waals surface area contributed by atoms with E-state index in [1.165, 1.54) is 24.5 Å². The first-order valence-electron chi connectivity index (χ1n) is 17.8. The van der Waals surface area contributed by atoms with Gasteiger partial charge in [0.1, 0.15) is 5.82 Å². The van der Waals surface area contributed by atoms with Crippen LogP contribution in [0.4, 0.5) is 23.2 Å². The predicted octanol–water partition coefficient (Wildman–Crippen LogP) is 12.2. The zero-order valence-electron chi connectivity index (χ0n) is 30.6. The molecule has 0 bridgehead atoms. The third-order valence-corrected chi connectivity index (χ3v) is 8.67. The summed E-state index contributed by atoms with van der Waals surface area (Å²) in [6.45, 7) is 9.25. The monoisotopic (exact) mass is 703 g/mol. The van der Waals surface area contributed by atoms with Gasteiger partial charge in [-0.15, -0.1) is 12.8 Å². The molecule has 1 aliphatic carbocycles. The Bertz CT molecular complexity index is 1710. The van der Waals surface area contributed by atoms with Crippen molar-refractivity contribution in [2.24, 2.45) is 5.92 Å². The minimum Gasteiger partial charge on any atom is -0.385 e. The van der Waals surface area contributed by atoms with Crippen molar-refractivity contribution in [2.45, 2.75) is 104 Å². The standard InChI is InChI=1S/C23H26F3NO.C19H25FO.C2H2/c1-4-7-19(23(24,25)26)15-21(22(28)8-5-2)27-20-12-11-17-13-16(6-3)9-10-18(17)14-20;1-3-4-5-6-12-19(21,13-11-16-7-8-16)17-9-10-18(20)15(2)14-17;1-2/h7,9-15,27H,4-6,8H2,1-3H3;3-6,9-10,14,16,21H,7-8,11-13H2,1-2H3;1-2H/b19-7-,21-15-;4-3-,6-5-;. The van der Waals surface area contributed by atoms with Crippen LogP contribution in [0.25, 0.3) is 10.8 Å². The fourth-order valence-corrected chi connectivity index (χ4v) is 5.53. The van der Waals surface area contributed by atoms with Gasteiger partial charge in [-0.3, -0.25) is 4.79 Å². The first-order chi connectivity index (χ1) is 24.3. The largest absolute Gasteiger partial charge is 0.416 e. The van der Waals surface area contributed by atoms with Crippen molar-refractivity contribution in [3.05, 3.63) is 125 Å². The van der Waals surface area contributed by atoms with E-state index in [0.717, 1.165) is 53.7 Å². The molecule has 1 saturated carbocycles. The van der Waals surface area contributed by atoms with Gasteiger partial charge < -0.3 is 10.4 Å². The van der Waals surface area contributed by atoms with Crippen molar-refractivity contribution < 1.29 is 27.5 Å². The maximum absolute atomic E-state index is 13.5. The molecular weight excluding hydrogens is 650 g/mol. The molecule has 274 valence electrons.